The van der Waals surface area contributed by atoms with Gasteiger partial charge in [0.25, 0.3) is 0 Å². The highest BCUT2D eigenvalue weighted by Crippen LogP contribution is 2.24. The van der Waals surface area contributed by atoms with Crippen LogP contribution >= 0.6 is 0 Å². The van der Waals surface area contributed by atoms with Gasteiger partial charge in [0.05, 0.1) is 33.9 Å². The van der Waals surface area contributed by atoms with Crippen LogP contribution in [0.4, 0.5) is 0 Å². The van der Waals surface area contributed by atoms with Crippen LogP contribution in [0, 0.1) is 11.3 Å². The van der Waals surface area contributed by atoms with Crippen LogP contribution in [0.3, 0.4) is 0 Å². The Labute approximate surface area is 350 Å². The average molecular weight is 800 g/mol. The zero-order valence-electron chi connectivity index (χ0n) is 33.4. The highest BCUT2D eigenvalue weighted by atomic mass is 16.5. The van der Waals surface area contributed by atoms with Crippen LogP contribution in [-0.4, -0.2) is 23.9 Å². The molecule has 0 N–H and O–H groups in total. The standard InChI is InChI=1S/C51H45NO8/c1-2-3-4-5-6-7-8-9-11-36-14-18-38(19-15-36)39-20-22-40(23-21-39)48(53)58-45-30-26-42(27-31-45)50(55)60-47-13-10-12-43(34-47)51(56)59-46-32-24-41(25-33-46)49(54)57-44-28-16-37(35-52)17-29-44/h10,12-34H,2-9,11H2,1H3. The summed E-state index contributed by atoms with van der Waals surface area (Å²) in [5.74, 6) is -1.70. The summed E-state index contributed by atoms with van der Waals surface area (Å²) in [7, 11) is 0. The summed E-state index contributed by atoms with van der Waals surface area (Å²) < 4.78 is 21.8. The lowest BCUT2D eigenvalue weighted by Crippen LogP contribution is -2.12. The minimum absolute atomic E-state index is 0.115. The minimum Gasteiger partial charge on any atom is -0.423 e. The first-order valence-corrected chi connectivity index (χ1v) is 20.2. The second-order valence-electron chi connectivity index (χ2n) is 14.3. The van der Waals surface area contributed by atoms with Gasteiger partial charge in [-0.05, 0) is 133 Å². The normalized spacial score (nSPS) is 10.6. The van der Waals surface area contributed by atoms with Crippen molar-refractivity contribution >= 4 is 23.9 Å². The number of nitrogens with zero attached hydrogens (tertiary/aromatic N) is 1. The van der Waals surface area contributed by atoms with Gasteiger partial charge in [-0.2, -0.15) is 5.26 Å². The highest BCUT2D eigenvalue weighted by molar-refractivity contribution is 5.95. The molecule has 302 valence electrons. The molecule has 0 aliphatic rings. The number of esters is 4. The molecule has 0 spiro atoms. The number of ether oxygens (including phenoxy) is 4. The Hall–Kier alpha value is -7.31. The Morgan fingerprint density at radius 1 is 0.433 bits per heavy atom. The van der Waals surface area contributed by atoms with E-state index in [9.17, 15) is 19.2 Å². The summed E-state index contributed by atoms with van der Waals surface area (Å²) in [5.41, 5.74) is 4.81. The van der Waals surface area contributed by atoms with E-state index < -0.39 is 23.9 Å². The van der Waals surface area contributed by atoms with E-state index >= 15 is 0 Å². The summed E-state index contributed by atoms with van der Waals surface area (Å²) in [6.07, 6.45) is 11.5. The molecule has 9 nitrogen and oxygen atoms in total. The molecule has 0 aliphatic heterocycles. The highest BCUT2D eigenvalue weighted by Gasteiger charge is 2.16. The maximum absolute atomic E-state index is 13.0. The fourth-order valence-corrected chi connectivity index (χ4v) is 6.39. The summed E-state index contributed by atoms with van der Waals surface area (Å²) in [5, 5.41) is 8.93. The monoisotopic (exact) mass is 799 g/mol. The topological polar surface area (TPSA) is 129 Å². The van der Waals surface area contributed by atoms with E-state index in [1.807, 2.05) is 18.2 Å². The molecule has 6 aromatic rings. The molecule has 0 atom stereocenters. The van der Waals surface area contributed by atoms with Crippen molar-refractivity contribution in [3.8, 4) is 40.2 Å². The number of carbonyl (C=O) groups is 4. The molecule has 0 aromatic heterocycles. The predicted octanol–water partition coefficient (Wildman–Crippen LogP) is 11.8. The van der Waals surface area contributed by atoms with Crippen LogP contribution in [0.1, 0.15) is 111 Å². The van der Waals surface area contributed by atoms with Gasteiger partial charge in [0.2, 0.25) is 0 Å². The molecule has 0 bridgehead atoms. The Balaban J connectivity index is 0.947. The number of rotatable bonds is 18. The van der Waals surface area contributed by atoms with Crippen molar-refractivity contribution in [1.82, 2.24) is 0 Å². The number of nitriles is 1. The number of aryl methyl sites for hydroxylation is 1. The van der Waals surface area contributed by atoms with E-state index in [1.165, 1.54) is 148 Å². The second-order valence-corrected chi connectivity index (χ2v) is 14.3. The first-order chi connectivity index (χ1) is 29.3. The Morgan fingerprint density at radius 3 is 1.32 bits per heavy atom. The van der Waals surface area contributed by atoms with Crippen LogP contribution in [0.25, 0.3) is 11.1 Å². The quantitative estimate of drug-likeness (QED) is 0.0474. The minimum atomic E-state index is -0.708. The maximum Gasteiger partial charge on any atom is 0.343 e. The third-order valence-electron chi connectivity index (χ3n) is 9.80. The summed E-state index contributed by atoms with van der Waals surface area (Å²) in [6.45, 7) is 2.25. The van der Waals surface area contributed by atoms with E-state index in [4.69, 9.17) is 24.2 Å². The molecule has 0 saturated carbocycles. The zero-order valence-corrected chi connectivity index (χ0v) is 33.4. The largest absolute Gasteiger partial charge is 0.423 e. The molecular weight excluding hydrogens is 755 g/mol. The van der Waals surface area contributed by atoms with E-state index in [1.54, 1.807) is 18.2 Å². The van der Waals surface area contributed by atoms with Crippen molar-refractivity contribution in [3.63, 3.8) is 0 Å². The number of carbonyl (C=O) groups excluding carboxylic acids is 4. The van der Waals surface area contributed by atoms with Crippen LogP contribution in [0.15, 0.2) is 146 Å². The Kier molecular flexibility index (Phi) is 15.1. The molecule has 6 rings (SSSR count). The van der Waals surface area contributed by atoms with Gasteiger partial charge in [0.15, 0.2) is 0 Å². The molecule has 0 aliphatic carbocycles. The molecule has 9 heteroatoms. The third kappa shape index (κ3) is 12.3. The predicted molar refractivity (Wildman–Crippen MR) is 229 cm³/mol. The van der Waals surface area contributed by atoms with Gasteiger partial charge in [-0.1, -0.05) is 94.3 Å². The number of unbranched alkanes of at least 4 members (excludes halogenated alkanes) is 7. The molecule has 60 heavy (non-hydrogen) atoms. The Morgan fingerprint density at radius 2 is 0.833 bits per heavy atom. The fraction of sp³-hybridized carbons (Fsp3) is 0.196. The first kappa shape index (κ1) is 42.3. The second kappa shape index (κ2) is 21.4. The van der Waals surface area contributed by atoms with Gasteiger partial charge in [-0.15, -0.1) is 0 Å². The molecule has 0 heterocycles. The van der Waals surface area contributed by atoms with Crippen molar-refractivity contribution in [2.75, 3.05) is 0 Å². The molecule has 0 amide bonds. The van der Waals surface area contributed by atoms with Crippen molar-refractivity contribution < 1.29 is 38.1 Å². The molecule has 0 unspecified atom stereocenters. The SMILES string of the molecule is CCCCCCCCCCc1ccc(-c2ccc(C(=O)Oc3ccc(C(=O)Oc4cccc(C(=O)Oc5ccc(C(=O)Oc6ccc(C#N)cc6)cc5)c4)cc3)cc2)cc1. The molecule has 0 saturated heterocycles. The van der Waals surface area contributed by atoms with Gasteiger partial charge in [0.1, 0.15) is 23.0 Å². The summed E-state index contributed by atoms with van der Waals surface area (Å²) in [4.78, 5) is 51.3. The summed E-state index contributed by atoms with van der Waals surface area (Å²) >= 11 is 0. The number of hydrogen-bond donors (Lipinski definition) is 0. The van der Waals surface area contributed by atoms with Crippen LogP contribution in [-0.2, 0) is 6.42 Å². The molecule has 0 radical (unpaired) electrons. The van der Waals surface area contributed by atoms with E-state index in [-0.39, 0.29) is 39.7 Å². The fourth-order valence-electron chi connectivity index (χ4n) is 6.39. The molecule has 0 fully saturated rings. The van der Waals surface area contributed by atoms with Gasteiger partial charge in [-0.25, -0.2) is 19.2 Å². The van der Waals surface area contributed by atoms with Crippen molar-refractivity contribution in [2.45, 2.75) is 64.7 Å². The van der Waals surface area contributed by atoms with Crippen molar-refractivity contribution in [1.29, 1.82) is 5.26 Å². The number of hydrogen-bond acceptors (Lipinski definition) is 9. The van der Waals surface area contributed by atoms with E-state index in [0.29, 0.717) is 11.1 Å². The summed E-state index contributed by atoms with van der Waals surface area (Å²) in [6, 6.07) is 41.7. The zero-order chi connectivity index (χ0) is 42.1. The number of benzene rings is 6. The van der Waals surface area contributed by atoms with E-state index in [0.717, 1.165) is 17.5 Å². The van der Waals surface area contributed by atoms with Crippen molar-refractivity contribution in [3.05, 3.63) is 179 Å². The van der Waals surface area contributed by atoms with Gasteiger partial charge in [0, 0.05) is 0 Å². The lowest BCUT2D eigenvalue weighted by molar-refractivity contribution is 0.0712. The smallest absolute Gasteiger partial charge is 0.343 e. The van der Waals surface area contributed by atoms with Gasteiger partial charge >= 0.3 is 23.9 Å². The Bertz CT molecular complexity index is 2410. The molecular formula is C51H45NO8. The lowest BCUT2D eigenvalue weighted by atomic mass is 10.00. The van der Waals surface area contributed by atoms with Gasteiger partial charge in [-0.3, -0.25) is 0 Å². The van der Waals surface area contributed by atoms with Crippen molar-refractivity contribution in [2.24, 2.45) is 0 Å². The average Bonchev–Trinajstić information content (AvgIpc) is 3.28. The first-order valence-electron chi connectivity index (χ1n) is 20.2. The lowest BCUT2D eigenvalue weighted by Gasteiger charge is -2.09. The molecule has 6 aromatic carbocycles. The van der Waals surface area contributed by atoms with Crippen LogP contribution < -0.4 is 18.9 Å². The maximum atomic E-state index is 13.0. The van der Waals surface area contributed by atoms with Crippen LogP contribution in [0.5, 0.6) is 23.0 Å². The van der Waals surface area contributed by atoms with Gasteiger partial charge < -0.3 is 18.9 Å². The third-order valence-corrected chi connectivity index (χ3v) is 9.80. The van der Waals surface area contributed by atoms with Crippen LogP contribution in [0.2, 0.25) is 0 Å². The van der Waals surface area contributed by atoms with E-state index in [2.05, 4.69) is 31.2 Å².